The molecule has 0 spiro atoms. The van der Waals surface area contributed by atoms with Crippen LogP contribution in [0.4, 0.5) is 5.82 Å². The van der Waals surface area contributed by atoms with Crippen molar-refractivity contribution in [2.24, 2.45) is 0 Å². The van der Waals surface area contributed by atoms with Crippen LogP contribution in [0.2, 0.25) is 0 Å². The van der Waals surface area contributed by atoms with Crippen molar-refractivity contribution in [3.05, 3.63) is 34.4 Å². The summed E-state index contributed by atoms with van der Waals surface area (Å²) in [4.78, 5) is 9.06. The summed E-state index contributed by atoms with van der Waals surface area (Å²) in [5, 5.41) is 0. The number of hydrogen-bond donors (Lipinski definition) is 1. The first-order valence-corrected chi connectivity index (χ1v) is 7.69. The van der Waals surface area contributed by atoms with Crippen molar-refractivity contribution in [3.63, 3.8) is 0 Å². The minimum Gasteiger partial charge on any atom is -0.494 e. The SMILES string of the molecule is CCOc1cccc(-c2nc(N)c(Br)c(C(C)(C)C)n2)c1. The Hall–Kier alpha value is -1.62. The topological polar surface area (TPSA) is 61.0 Å². The van der Waals surface area contributed by atoms with Gasteiger partial charge in [-0.1, -0.05) is 32.9 Å². The predicted molar refractivity (Wildman–Crippen MR) is 89.4 cm³/mol. The second-order valence-corrected chi connectivity index (χ2v) is 6.60. The smallest absolute Gasteiger partial charge is 0.161 e. The van der Waals surface area contributed by atoms with Crippen LogP contribution >= 0.6 is 15.9 Å². The first kappa shape index (κ1) is 15.8. The number of nitrogens with zero attached hydrogens (tertiary/aromatic N) is 2. The summed E-state index contributed by atoms with van der Waals surface area (Å²) in [7, 11) is 0. The van der Waals surface area contributed by atoms with E-state index in [1.165, 1.54) is 0 Å². The van der Waals surface area contributed by atoms with Crippen molar-refractivity contribution < 1.29 is 4.74 Å². The lowest BCUT2D eigenvalue weighted by atomic mass is 9.91. The van der Waals surface area contributed by atoms with Gasteiger partial charge in [0.15, 0.2) is 5.82 Å². The first-order valence-electron chi connectivity index (χ1n) is 6.89. The van der Waals surface area contributed by atoms with E-state index < -0.39 is 0 Å². The summed E-state index contributed by atoms with van der Waals surface area (Å²) < 4.78 is 6.29. The molecule has 112 valence electrons. The molecule has 1 aromatic carbocycles. The third kappa shape index (κ3) is 3.53. The van der Waals surface area contributed by atoms with E-state index in [0.717, 1.165) is 21.5 Å². The van der Waals surface area contributed by atoms with E-state index in [-0.39, 0.29) is 5.41 Å². The van der Waals surface area contributed by atoms with E-state index in [1.807, 2.05) is 31.2 Å². The molecule has 0 aliphatic heterocycles. The molecule has 0 aliphatic rings. The number of benzene rings is 1. The van der Waals surface area contributed by atoms with Crippen molar-refractivity contribution in [1.29, 1.82) is 0 Å². The van der Waals surface area contributed by atoms with Gasteiger partial charge in [0.2, 0.25) is 0 Å². The maximum Gasteiger partial charge on any atom is 0.161 e. The lowest BCUT2D eigenvalue weighted by Gasteiger charge is -2.21. The highest BCUT2D eigenvalue weighted by molar-refractivity contribution is 9.10. The second kappa shape index (κ2) is 6.02. The minimum atomic E-state index is -0.123. The zero-order valence-corrected chi connectivity index (χ0v) is 14.4. The van der Waals surface area contributed by atoms with Gasteiger partial charge in [0.25, 0.3) is 0 Å². The average molecular weight is 350 g/mol. The van der Waals surface area contributed by atoms with Crippen LogP contribution < -0.4 is 10.5 Å². The number of halogens is 1. The van der Waals surface area contributed by atoms with Crippen LogP contribution in [0.1, 0.15) is 33.4 Å². The largest absolute Gasteiger partial charge is 0.494 e. The summed E-state index contributed by atoms with van der Waals surface area (Å²) in [6, 6.07) is 7.73. The van der Waals surface area contributed by atoms with E-state index >= 15 is 0 Å². The number of nitrogen functional groups attached to an aromatic ring is 1. The third-order valence-corrected chi connectivity index (χ3v) is 3.77. The fourth-order valence-corrected chi connectivity index (χ4v) is 2.75. The highest BCUT2D eigenvalue weighted by Gasteiger charge is 2.22. The van der Waals surface area contributed by atoms with Crippen molar-refractivity contribution in [3.8, 4) is 17.1 Å². The Bertz CT molecular complexity index is 650. The fourth-order valence-electron chi connectivity index (χ4n) is 1.98. The van der Waals surface area contributed by atoms with Gasteiger partial charge in [-0.25, -0.2) is 9.97 Å². The molecular weight excluding hydrogens is 330 g/mol. The normalized spacial score (nSPS) is 11.5. The Labute approximate surface area is 133 Å². The molecule has 0 unspecified atom stereocenters. The molecule has 0 saturated heterocycles. The number of nitrogens with two attached hydrogens (primary N) is 1. The molecule has 2 aromatic rings. The van der Waals surface area contributed by atoms with E-state index in [0.29, 0.717) is 18.2 Å². The molecule has 21 heavy (non-hydrogen) atoms. The molecule has 5 heteroatoms. The maximum atomic E-state index is 6.02. The van der Waals surface area contributed by atoms with Crippen molar-refractivity contribution >= 4 is 21.7 Å². The zero-order valence-electron chi connectivity index (χ0n) is 12.8. The molecule has 0 fully saturated rings. The number of aromatic nitrogens is 2. The van der Waals surface area contributed by atoms with Gasteiger partial charge in [0, 0.05) is 11.0 Å². The molecule has 4 nitrogen and oxygen atoms in total. The molecule has 1 heterocycles. The first-order chi connectivity index (χ1) is 9.82. The average Bonchev–Trinajstić information content (AvgIpc) is 2.41. The molecule has 0 amide bonds. The summed E-state index contributed by atoms with van der Waals surface area (Å²) >= 11 is 3.49. The Morgan fingerprint density at radius 1 is 1.24 bits per heavy atom. The van der Waals surface area contributed by atoms with Crippen LogP contribution in [-0.2, 0) is 5.41 Å². The lowest BCUT2D eigenvalue weighted by molar-refractivity contribution is 0.340. The number of anilines is 1. The zero-order chi connectivity index (χ0) is 15.6. The molecule has 0 bridgehead atoms. The number of hydrogen-bond acceptors (Lipinski definition) is 4. The molecule has 0 saturated carbocycles. The molecule has 2 N–H and O–H groups in total. The quantitative estimate of drug-likeness (QED) is 0.902. The molecule has 0 radical (unpaired) electrons. The third-order valence-electron chi connectivity index (χ3n) is 2.99. The Kier molecular flexibility index (Phi) is 4.52. The molecular formula is C16H20BrN3O. The van der Waals surface area contributed by atoms with Gasteiger partial charge in [-0.3, -0.25) is 0 Å². The van der Waals surface area contributed by atoms with Gasteiger partial charge in [-0.2, -0.15) is 0 Å². The maximum absolute atomic E-state index is 6.02. The summed E-state index contributed by atoms with van der Waals surface area (Å²) in [6.45, 7) is 8.87. The van der Waals surface area contributed by atoms with E-state index in [4.69, 9.17) is 10.5 Å². The molecule has 0 atom stereocenters. The van der Waals surface area contributed by atoms with Crippen molar-refractivity contribution in [2.75, 3.05) is 12.3 Å². The molecule has 0 aliphatic carbocycles. The van der Waals surface area contributed by atoms with Crippen LogP contribution in [0, 0.1) is 0 Å². The summed E-state index contributed by atoms with van der Waals surface area (Å²) in [6.07, 6.45) is 0. The van der Waals surface area contributed by atoms with Crippen LogP contribution in [0.25, 0.3) is 11.4 Å². The summed E-state index contributed by atoms with van der Waals surface area (Å²) in [5.41, 5.74) is 7.69. The standard InChI is InChI=1S/C16H20BrN3O/c1-5-21-11-8-6-7-10(9-11)15-19-13(16(2,3)4)12(17)14(18)20-15/h6-9H,5H2,1-4H3,(H2,18,19,20). The van der Waals surface area contributed by atoms with Crippen LogP contribution in [-0.4, -0.2) is 16.6 Å². The van der Waals surface area contributed by atoms with Gasteiger partial charge < -0.3 is 10.5 Å². The molecule has 2 rings (SSSR count). The molecule has 1 aromatic heterocycles. The highest BCUT2D eigenvalue weighted by Crippen LogP contribution is 2.33. The van der Waals surface area contributed by atoms with Crippen LogP contribution in [0.5, 0.6) is 5.75 Å². The predicted octanol–water partition coefficient (Wildman–Crippen LogP) is 4.18. The highest BCUT2D eigenvalue weighted by atomic mass is 79.9. The number of rotatable bonds is 3. The van der Waals surface area contributed by atoms with Gasteiger partial charge >= 0.3 is 0 Å². The fraction of sp³-hybridized carbons (Fsp3) is 0.375. The lowest BCUT2D eigenvalue weighted by Crippen LogP contribution is -2.17. The Morgan fingerprint density at radius 3 is 2.57 bits per heavy atom. The van der Waals surface area contributed by atoms with Gasteiger partial charge in [-0.05, 0) is 35.0 Å². The van der Waals surface area contributed by atoms with Crippen molar-refractivity contribution in [1.82, 2.24) is 9.97 Å². The van der Waals surface area contributed by atoms with Crippen molar-refractivity contribution in [2.45, 2.75) is 33.1 Å². The van der Waals surface area contributed by atoms with Gasteiger partial charge in [-0.15, -0.1) is 0 Å². The second-order valence-electron chi connectivity index (χ2n) is 5.81. The van der Waals surface area contributed by atoms with Crippen LogP contribution in [0.3, 0.4) is 0 Å². The summed E-state index contributed by atoms with van der Waals surface area (Å²) in [5.74, 6) is 1.87. The van der Waals surface area contributed by atoms with Crippen LogP contribution in [0.15, 0.2) is 28.7 Å². The van der Waals surface area contributed by atoms with E-state index in [1.54, 1.807) is 0 Å². The van der Waals surface area contributed by atoms with E-state index in [9.17, 15) is 0 Å². The van der Waals surface area contributed by atoms with Gasteiger partial charge in [0.1, 0.15) is 11.6 Å². The monoisotopic (exact) mass is 349 g/mol. The Morgan fingerprint density at radius 2 is 1.95 bits per heavy atom. The Balaban J connectivity index is 2.54. The number of ether oxygens (including phenoxy) is 1. The minimum absolute atomic E-state index is 0.123. The van der Waals surface area contributed by atoms with E-state index in [2.05, 4.69) is 46.7 Å². The van der Waals surface area contributed by atoms with Gasteiger partial charge in [0.05, 0.1) is 16.8 Å².